The van der Waals surface area contributed by atoms with Crippen molar-refractivity contribution in [3.05, 3.63) is 72.1 Å². The zero-order chi connectivity index (χ0) is 25.2. The summed E-state index contributed by atoms with van der Waals surface area (Å²) in [5.41, 5.74) is 10.5. The van der Waals surface area contributed by atoms with Gasteiger partial charge in [-0.2, -0.15) is 5.10 Å². The van der Waals surface area contributed by atoms with Crippen LogP contribution in [-0.4, -0.2) is 52.1 Å². The quantitative estimate of drug-likeness (QED) is 0.533. The van der Waals surface area contributed by atoms with Crippen LogP contribution in [0.1, 0.15) is 49.8 Å². The summed E-state index contributed by atoms with van der Waals surface area (Å²) in [6.45, 7) is 3.71. The minimum absolute atomic E-state index is 0.0347. The largest absolute Gasteiger partial charge is 0.494 e. The molecule has 0 radical (unpaired) electrons. The zero-order valence-electron chi connectivity index (χ0n) is 21.2. The van der Waals surface area contributed by atoms with E-state index in [-0.39, 0.29) is 24.2 Å². The Bertz CT molecular complexity index is 1190. The third-order valence-electron chi connectivity index (χ3n) is 7.49. The number of carbonyl (C=O) groups excluding carboxylic acids is 1. The van der Waals surface area contributed by atoms with Gasteiger partial charge in [0.25, 0.3) is 0 Å². The summed E-state index contributed by atoms with van der Waals surface area (Å²) >= 11 is 1.51. The van der Waals surface area contributed by atoms with Crippen LogP contribution in [0.5, 0.6) is 5.75 Å². The van der Waals surface area contributed by atoms with Crippen LogP contribution in [0, 0.1) is 0 Å². The Morgan fingerprint density at radius 2 is 2.03 bits per heavy atom. The van der Waals surface area contributed by atoms with Gasteiger partial charge in [0.2, 0.25) is 5.91 Å². The number of benzene rings is 2. The molecule has 1 amide bonds. The maximum atomic E-state index is 13.1. The molecule has 8 nitrogen and oxygen atoms in total. The zero-order valence-corrected chi connectivity index (χ0v) is 22.0. The van der Waals surface area contributed by atoms with E-state index in [1.54, 1.807) is 0 Å². The van der Waals surface area contributed by atoms with Crippen molar-refractivity contribution in [2.45, 2.75) is 57.3 Å². The molecule has 4 aliphatic heterocycles. The minimum Gasteiger partial charge on any atom is -0.494 e. The van der Waals surface area contributed by atoms with Gasteiger partial charge >= 0.3 is 0 Å². The number of para-hydroxylation sites is 1. The van der Waals surface area contributed by atoms with Crippen LogP contribution < -0.4 is 20.5 Å². The van der Waals surface area contributed by atoms with Crippen LogP contribution in [0.2, 0.25) is 0 Å². The monoisotopic (exact) mass is 518 g/mol. The van der Waals surface area contributed by atoms with E-state index in [9.17, 15) is 4.79 Å². The smallest absolute Gasteiger partial charge is 0.237 e. The maximum absolute atomic E-state index is 13.1. The van der Waals surface area contributed by atoms with Gasteiger partial charge in [0.05, 0.1) is 24.4 Å². The van der Waals surface area contributed by atoms with E-state index in [4.69, 9.17) is 4.74 Å². The van der Waals surface area contributed by atoms with Gasteiger partial charge in [-0.15, -0.1) is 0 Å². The number of thioether (sulfide) groups is 1. The highest BCUT2D eigenvalue weighted by atomic mass is 32.2. The lowest BCUT2D eigenvalue weighted by Gasteiger charge is -2.36. The Kier molecular flexibility index (Phi) is 6.97. The Hall–Kier alpha value is -3.17. The molecule has 0 aromatic heterocycles. The van der Waals surface area contributed by atoms with E-state index < -0.39 is 0 Å². The predicted molar refractivity (Wildman–Crippen MR) is 148 cm³/mol. The van der Waals surface area contributed by atoms with Crippen LogP contribution in [0.4, 0.5) is 5.69 Å². The van der Waals surface area contributed by atoms with Crippen LogP contribution >= 0.6 is 11.8 Å². The van der Waals surface area contributed by atoms with Gasteiger partial charge in [-0.05, 0) is 55.0 Å². The first-order valence-corrected chi connectivity index (χ1v) is 14.3. The molecular weight excluding hydrogens is 484 g/mol. The topological polar surface area (TPSA) is 72.4 Å². The molecule has 194 valence electrons. The molecule has 0 saturated carbocycles. The summed E-state index contributed by atoms with van der Waals surface area (Å²) in [6, 6.07) is 17.1. The van der Waals surface area contributed by atoms with Gasteiger partial charge in [0.1, 0.15) is 11.9 Å². The van der Waals surface area contributed by atoms with E-state index >= 15 is 0 Å². The molecule has 2 aromatic rings. The van der Waals surface area contributed by atoms with Crippen LogP contribution in [0.3, 0.4) is 0 Å². The highest BCUT2D eigenvalue weighted by Crippen LogP contribution is 2.36. The van der Waals surface area contributed by atoms with E-state index in [1.807, 2.05) is 23.2 Å². The number of amidine groups is 1. The first-order chi connectivity index (χ1) is 18.2. The molecule has 37 heavy (non-hydrogen) atoms. The number of ether oxygens (including phenoxy) is 1. The van der Waals surface area contributed by atoms with Gasteiger partial charge < -0.3 is 19.5 Å². The number of carbonyl (C=O) groups is 1. The summed E-state index contributed by atoms with van der Waals surface area (Å²) < 4.78 is 5.82. The number of rotatable bonds is 7. The van der Waals surface area contributed by atoms with E-state index in [0.717, 1.165) is 61.9 Å². The molecule has 1 saturated heterocycles. The van der Waals surface area contributed by atoms with Crippen LogP contribution in [0.15, 0.2) is 66.0 Å². The van der Waals surface area contributed by atoms with Gasteiger partial charge in [0.15, 0.2) is 5.17 Å². The number of aryl methyl sites for hydroxylation is 1. The fourth-order valence-electron chi connectivity index (χ4n) is 5.49. The first-order valence-electron chi connectivity index (χ1n) is 13.3. The highest BCUT2D eigenvalue weighted by Gasteiger charge is 2.44. The molecule has 0 aliphatic carbocycles. The van der Waals surface area contributed by atoms with Crippen molar-refractivity contribution in [2.24, 2.45) is 5.10 Å². The molecule has 3 atom stereocenters. The molecule has 9 heteroatoms. The van der Waals surface area contributed by atoms with Crippen molar-refractivity contribution >= 4 is 28.5 Å². The first kappa shape index (κ1) is 24.2. The fourth-order valence-corrected chi connectivity index (χ4v) is 6.34. The highest BCUT2D eigenvalue weighted by molar-refractivity contribution is 8.14. The molecule has 2 aromatic carbocycles. The molecule has 0 bridgehead atoms. The van der Waals surface area contributed by atoms with Crippen molar-refractivity contribution in [1.29, 1.82) is 0 Å². The second-order valence-electron chi connectivity index (χ2n) is 9.90. The van der Waals surface area contributed by atoms with Crippen molar-refractivity contribution in [3.8, 4) is 5.75 Å². The average Bonchev–Trinajstić information content (AvgIpc) is 3.56. The molecule has 0 spiro atoms. The standard InChI is InChI=1S/C28H34N6O2S/c1-2-3-17-36-22-12-10-20(11-13-22)23-18-25-27-29-30-28(33(27)15-16-34(25)31-23)37-19-26(35)32-14-6-8-21-7-4-5-9-24(21)32/h4-5,7,9-13,15-16,23,25,27,29,31H,2-3,6,8,14,17-19H2,1H3. The van der Waals surface area contributed by atoms with Crippen LogP contribution in [0.25, 0.3) is 0 Å². The van der Waals surface area contributed by atoms with Crippen LogP contribution in [-0.2, 0) is 11.2 Å². The third-order valence-corrected chi connectivity index (χ3v) is 8.44. The summed E-state index contributed by atoms with van der Waals surface area (Å²) in [6.07, 6.45) is 9.36. The van der Waals surface area contributed by atoms with Crippen molar-refractivity contribution < 1.29 is 9.53 Å². The Balaban J connectivity index is 1.05. The van der Waals surface area contributed by atoms with Crippen molar-refractivity contribution in [2.75, 3.05) is 23.8 Å². The van der Waals surface area contributed by atoms with Crippen molar-refractivity contribution in [1.82, 2.24) is 20.8 Å². The number of hydrogen-bond acceptors (Lipinski definition) is 8. The Labute approximate surface area is 222 Å². The Morgan fingerprint density at radius 3 is 2.89 bits per heavy atom. The van der Waals surface area contributed by atoms with Gasteiger partial charge in [-0.1, -0.05) is 55.4 Å². The van der Waals surface area contributed by atoms with Gasteiger partial charge in [0, 0.05) is 24.6 Å². The van der Waals surface area contributed by atoms with Gasteiger partial charge in [-0.3, -0.25) is 10.2 Å². The minimum atomic E-state index is 0.0347. The summed E-state index contributed by atoms with van der Waals surface area (Å²) in [5, 5.41) is 7.64. The lowest BCUT2D eigenvalue weighted by molar-refractivity contribution is -0.116. The second-order valence-corrected chi connectivity index (χ2v) is 10.8. The fraction of sp³-hybridized carbons (Fsp3) is 0.429. The van der Waals surface area contributed by atoms with Gasteiger partial charge in [-0.25, -0.2) is 5.43 Å². The maximum Gasteiger partial charge on any atom is 0.237 e. The molecule has 1 fully saturated rings. The number of nitrogens with one attached hydrogen (secondary N) is 2. The second kappa shape index (κ2) is 10.7. The molecule has 4 heterocycles. The number of anilines is 1. The van der Waals surface area contributed by atoms with E-state index in [1.165, 1.54) is 22.9 Å². The number of fused-ring (bicyclic) bond motifs is 4. The van der Waals surface area contributed by atoms with E-state index in [0.29, 0.717) is 5.75 Å². The number of hydrazone groups is 1. The molecule has 3 unspecified atom stereocenters. The molecule has 2 N–H and O–H groups in total. The van der Waals surface area contributed by atoms with E-state index in [2.05, 4.69) is 75.4 Å². The SMILES string of the molecule is CCCCOc1ccc(C2CC3C4NN=C(SCC(=O)N5CCCc6ccccc65)N4C=CN3N2)cc1. The number of unbranched alkanes of at least 4 members (excludes halogenated alkanes) is 1. The average molecular weight is 519 g/mol. The van der Waals surface area contributed by atoms with Crippen molar-refractivity contribution in [3.63, 3.8) is 0 Å². The third kappa shape index (κ3) is 4.90. The summed E-state index contributed by atoms with van der Waals surface area (Å²) in [5.74, 6) is 1.43. The summed E-state index contributed by atoms with van der Waals surface area (Å²) in [7, 11) is 0. The number of hydrogen-bond donors (Lipinski definition) is 2. The number of nitrogens with zero attached hydrogens (tertiary/aromatic N) is 4. The number of hydrazine groups is 1. The predicted octanol–water partition coefficient (Wildman–Crippen LogP) is 4.19. The summed E-state index contributed by atoms with van der Waals surface area (Å²) in [4.78, 5) is 17.2. The molecule has 6 rings (SSSR count). The lowest BCUT2D eigenvalue weighted by Crippen LogP contribution is -2.54. The normalized spacial score (nSPS) is 23.8. The lowest BCUT2D eigenvalue weighted by atomic mass is 10.00. The Morgan fingerprint density at radius 1 is 1.16 bits per heavy atom. The molecule has 4 aliphatic rings. The molecular formula is C28H34N6O2S. The number of amides is 1.